The summed E-state index contributed by atoms with van der Waals surface area (Å²) >= 11 is 0. The number of methoxy groups -OCH3 is 2. The maximum absolute atomic E-state index is 16.3. The average Bonchev–Trinajstić information content (AvgIpc) is 4.05. The number of aromatic nitrogens is 5. The summed E-state index contributed by atoms with van der Waals surface area (Å²) in [6, 6.07) is 9.18. The maximum Gasteiger partial charge on any atom is 0.407 e. The number of nitrogens with zero attached hydrogens (tertiary/aromatic N) is 5. The number of carbonyl (C=O) groups excluding carboxylic acids is 4. The minimum absolute atomic E-state index is 0. The van der Waals surface area contributed by atoms with Gasteiger partial charge in [0.2, 0.25) is 11.8 Å². The zero-order valence-corrected chi connectivity index (χ0v) is 42.0. The number of imidazole rings is 2. The molecule has 0 unspecified atom stereocenters. The molecule has 1 saturated heterocycles. The van der Waals surface area contributed by atoms with Gasteiger partial charge in [-0.3, -0.25) is 9.59 Å². The smallest absolute Gasteiger partial charge is 0.407 e. The van der Waals surface area contributed by atoms with Crippen LogP contribution in [-0.2, 0) is 26.1 Å². The van der Waals surface area contributed by atoms with Crippen molar-refractivity contribution in [2.45, 2.75) is 85.5 Å². The molecule has 352 valence electrons. The summed E-state index contributed by atoms with van der Waals surface area (Å²) in [5, 5.41) is 6.25. The SMILES string of the molecule is CCN(C(=O)[C@@H](NC(=O)OC)C(C)C)[C@@H](C)c1ncc(-c2cc(C)c(-c3cc4cc(-c5cnc([C@@H]6CCCN6C(=O)[C@@H](NC(=O)OC)C(C)C)[nH]5)ccc4n3C)c(F)c2)[nH]1.S.S.S.S. The fraction of sp³-hybridized carbons (Fsp3) is 0.455. The number of hydrogen-bond acceptors (Lipinski definition) is 8. The molecule has 4 amide bonds. The fourth-order valence-electron chi connectivity index (χ4n) is 8.17. The Morgan fingerprint density at radius 1 is 0.859 bits per heavy atom. The van der Waals surface area contributed by atoms with Gasteiger partial charge in [0.1, 0.15) is 29.5 Å². The molecule has 0 bridgehead atoms. The highest BCUT2D eigenvalue weighted by Crippen LogP contribution is 2.37. The molecule has 5 aromatic rings. The van der Waals surface area contributed by atoms with Crippen molar-refractivity contribution < 1.29 is 33.0 Å². The van der Waals surface area contributed by atoms with Gasteiger partial charge in [-0.15, -0.1) is 0 Å². The monoisotopic (exact) mass is 961 g/mol. The molecule has 4 heterocycles. The molecule has 1 fully saturated rings. The van der Waals surface area contributed by atoms with Crippen LogP contribution in [0.15, 0.2) is 48.8 Å². The number of nitrogens with one attached hydrogen (secondary N) is 4. The van der Waals surface area contributed by atoms with E-state index in [-0.39, 0.29) is 83.7 Å². The molecule has 1 aliphatic heterocycles. The van der Waals surface area contributed by atoms with Crippen LogP contribution in [0.5, 0.6) is 0 Å². The van der Waals surface area contributed by atoms with E-state index in [9.17, 15) is 19.2 Å². The van der Waals surface area contributed by atoms with E-state index in [4.69, 9.17) is 14.5 Å². The first-order chi connectivity index (χ1) is 28.6. The molecule has 3 aromatic heterocycles. The first-order valence-electron chi connectivity index (χ1n) is 20.4. The highest BCUT2D eigenvalue weighted by Gasteiger charge is 2.38. The first kappa shape index (κ1) is 55.3. The quantitative estimate of drug-likeness (QED) is 0.0921. The summed E-state index contributed by atoms with van der Waals surface area (Å²) in [5.74, 6) is 0.0515. The topological polar surface area (TPSA) is 180 Å². The van der Waals surface area contributed by atoms with E-state index in [2.05, 4.69) is 25.6 Å². The van der Waals surface area contributed by atoms with E-state index >= 15 is 4.39 Å². The number of aromatic amines is 2. The summed E-state index contributed by atoms with van der Waals surface area (Å²) in [7, 11) is 4.45. The fourth-order valence-corrected chi connectivity index (χ4v) is 8.17. The van der Waals surface area contributed by atoms with Gasteiger partial charge in [-0.2, -0.15) is 54.0 Å². The number of likely N-dealkylation sites (N-methyl/N-ethyl adjacent to an activating group) is 1. The number of benzene rings is 2. The Hall–Kier alpha value is -4.79. The number of hydrogen-bond donors (Lipinski definition) is 4. The third-order valence-electron chi connectivity index (χ3n) is 11.5. The van der Waals surface area contributed by atoms with Gasteiger partial charge in [-0.25, -0.2) is 23.9 Å². The van der Waals surface area contributed by atoms with Crippen LogP contribution in [-0.4, -0.2) is 97.7 Å². The zero-order valence-electron chi connectivity index (χ0n) is 38.0. The van der Waals surface area contributed by atoms with Gasteiger partial charge in [0.15, 0.2) is 0 Å². The van der Waals surface area contributed by atoms with Crippen molar-refractivity contribution in [3.63, 3.8) is 0 Å². The van der Waals surface area contributed by atoms with Crippen LogP contribution in [0.25, 0.3) is 44.7 Å². The molecule has 2 aromatic carbocycles. The number of rotatable bonds is 13. The van der Waals surface area contributed by atoms with Crippen molar-refractivity contribution in [2.24, 2.45) is 18.9 Å². The molecule has 20 heteroatoms. The number of ether oxygens (including phenoxy) is 2. The second kappa shape index (κ2) is 23.4. The molecule has 0 aliphatic carbocycles. The Bertz CT molecular complexity index is 2380. The normalized spacial score (nSPS) is 14.6. The van der Waals surface area contributed by atoms with Crippen LogP contribution in [0.4, 0.5) is 14.0 Å². The van der Waals surface area contributed by atoms with E-state index in [1.165, 1.54) is 20.3 Å². The molecular weight excluding hydrogens is 898 g/mol. The molecule has 15 nitrogen and oxygen atoms in total. The van der Waals surface area contributed by atoms with Crippen molar-refractivity contribution in [1.82, 2.24) is 44.9 Å². The number of aryl methyl sites for hydroxylation is 2. The number of alkyl carbamates (subject to hydrolysis) is 2. The lowest BCUT2D eigenvalue weighted by molar-refractivity contribution is -0.137. The molecule has 4 N–H and O–H groups in total. The molecule has 0 saturated carbocycles. The minimum Gasteiger partial charge on any atom is -0.453 e. The van der Waals surface area contributed by atoms with Crippen molar-refractivity contribution in [3.05, 3.63) is 71.8 Å². The zero-order chi connectivity index (χ0) is 43.6. The van der Waals surface area contributed by atoms with Gasteiger partial charge < -0.3 is 44.4 Å². The number of halogens is 1. The summed E-state index contributed by atoms with van der Waals surface area (Å²) in [4.78, 5) is 70.6. The summed E-state index contributed by atoms with van der Waals surface area (Å²) in [6.07, 6.45) is 3.62. The number of amides is 4. The number of fused-ring (bicyclic) bond motifs is 1. The third-order valence-corrected chi connectivity index (χ3v) is 11.5. The van der Waals surface area contributed by atoms with Crippen LogP contribution in [0, 0.1) is 24.6 Å². The molecule has 1 aliphatic rings. The van der Waals surface area contributed by atoms with Gasteiger partial charge in [0, 0.05) is 47.7 Å². The number of likely N-dealkylation sites (tertiary alicyclic amines) is 1. The van der Waals surface area contributed by atoms with Crippen LogP contribution in [0.1, 0.15) is 83.7 Å². The lowest BCUT2D eigenvalue weighted by Crippen LogP contribution is -2.51. The second-order valence-corrected chi connectivity index (χ2v) is 16.1. The predicted octanol–water partition coefficient (Wildman–Crippen LogP) is 7.86. The summed E-state index contributed by atoms with van der Waals surface area (Å²) in [5.41, 5.74) is 5.73. The average molecular weight is 962 g/mol. The Morgan fingerprint density at radius 2 is 1.47 bits per heavy atom. The van der Waals surface area contributed by atoms with E-state index < -0.39 is 36.1 Å². The van der Waals surface area contributed by atoms with Gasteiger partial charge >= 0.3 is 12.2 Å². The highest BCUT2D eigenvalue weighted by molar-refractivity contribution is 7.59. The third kappa shape index (κ3) is 11.3. The first-order valence-corrected chi connectivity index (χ1v) is 20.4. The number of H-pyrrole nitrogens is 2. The standard InChI is InChI=1S/C44H56FN9O6.4H2S/c1-11-53(41(55)37(23(2)3)50-43(57)59-9)26(7)39-46-22-32(48-39)28-17-25(6)36(30(45)19-28)35-20-29-18-27(14-15-33(29)52(35)8)31-21-47-40(49-31)34-13-12-16-54(34)42(56)38(24(4)5)51-44(58)60-10;;;;/h14-15,17-24,26,34,37-38H,11-13,16H2,1-10H3,(H,46,48)(H,47,49)(H,50,57)(H,51,58);4*1H2/t26-,34-,37-,38-;;;;/m0..../s1. The minimum atomic E-state index is -0.785. The molecule has 64 heavy (non-hydrogen) atoms. The predicted molar refractivity (Wildman–Crippen MR) is 268 cm³/mol. The van der Waals surface area contributed by atoms with E-state index in [0.717, 1.165) is 40.6 Å². The van der Waals surface area contributed by atoms with Gasteiger partial charge in [0.25, 0.3) is 0 Å². The van der Waals surface area contributed by atoms with Crippen molar-refractivity contribution in [1.29, 1.82) is 0 Å². The Balaban J connectivity index is 0.00000352. The van der Waals surface area contributed by atoms with Crippen molar-refractivity contribution in [2.75, 3.05) is 27.3 Å². The van der Waals surface area contributed by atoms with E-state index in [1.807, 2.05) is 90.4 Å². The van der Waals surface area contributed by atoms with E-state index in [0.29, 0.717) is 47.3 Å². The molecule has 4 atom stereocenters. The van der Waals surface area contributed by atoms with Crippen molar-refractivity contribution in [3.8, 4) is 33.8 Å². The Morgan fingerprint density at radius 3 is 2.06 bits per heavy atom. The van der Waals surface area contributed by atoms with E-state index in [1.54, 1.807) is 22.2 Å². The van der Waals surface area contributed by atoms with Gasteiger partial charge in [-0.1, -0.05) is 33.8 Å². The van der Waals surface area contributed by atoms with Crippen molar-refractivity contribution >= 4 is 88.9 Å². The largest absolute Gasteiger partial charge is 0.453 e. The molecule has 6 rings (SSSR count). The molecule has 0 spiro atoms. The number of carbonyl (C=O) groups is 4. The highest BCUT2D eigenvalue weighted by atomic mass is 32.1. The molecular formula is C44H64FN9O6S4. The lowest BCUT2D eigenvalue weighted by Gasteiger charge is -2.32. The van der Waals surface area contributed by atoms with Crippen LogP contribution >= 0.6 is 54.0 Å². The Labute approximate surface area is 402 Å². The summed E-state index contributed by atoms with van der Waals surface area (Å²) < 4.78 is 27.8. The second-order valence-electron chi connectivity index (χ2n) is 16.1. The van der Waals surface area contributed by atoms with Crippen LogP contribution in [0.2, 0.25) is 0 Å². The van der Waals surface area contributed by atoms with Crippen LogP contribution < -0.4 is 10.6 Å². The van der Waals surface area contributed by atoms with Crippen LogP contribution in [0.3, 0.4) is 0 Å². The van der Waals surface area contributed by atoms with Gasteiger partial charge in [0.05, 0.1) is 55.8 Å². The maximum atomic E-state index is 16.3. The lowest BCUT2D eigenvalue weighted by atomic mass is 10.00. The summed E-state index contributed by atoms with van der Waals surface area (Å²) in [6.45, 7) is 14.0. The van der Waals surface area contributed by atoms with Gasteiger partial charge in [-0.05, 0) is 81.3 Å². The Kier molecular flexibility index (Phi) is 20.2. The molecule has 0 radical (unpaired) electrons.